The van der Waals surface area contributed by atoms with Crippen molar-refractivity contribution in [2.45, 2.75) is 11.2 Å². The van der Waals surface area contributed by atoms with Crippen molar-refractivity contribution < 1.29 is 0 Å². The molecule has 1 aliphatic heterocycles. The van der Waals surface area contributed by atoms with E-state index in [-0.39, 0.29) is 0 Å². The van der Waals surface area contributed by atoms with Crippen molar-refractivity contribution in [2.75, 3.05) is 29.6 Å². The number of aromatic nitrogens is 4. The van der Waals surface area contributed by atoms with Gasteiger partial charge < -0.3 is 10.2 Å². The number of anilines is 2. The molecule has 3 rings (SSSR count). The highest BCUT2D eigenvalue weighted by Gasteiger charge is 2.27. The third-order valence-corrected chi connectivity index (χ3v) is 3.48. The minimum absolute atomic E-state index is 0.395. The molecule has 1 aliphatic rings. The molecule has 0 saturated carbocycles. The maximum absolute atomic E-state index is 4.41. The van der Waals surface area contributed by atoms with Crippen LogP contribution in [0.2, 0.25) is 0 Å². The molecule has 0 spiro atoms. The second kappa shape index (κ2) is 5.40. The van der Waals surface area contributed by atoms with Crippen LogP contribution in [0.1, 0.15) is 0 Å². The first kappa shape index (κ1) is 12.2. The lowest BCUT2D eigenvalue weighted by Gasteiger charge is -2.40. The topological polar surface area (TPSA) is 66.8 Å². The van der Waals surface area contributed by atoms with Gasteiger partial charge in [0.2, 0.25) is 0 Å². The highest BCUT2D eigenvalue weighted by atomic mass is 32.2. The van der Waals surface area contributed by atoms with E-state index in [2.05, 4.69) is 30.2 Å². The van der Waals surface area contributed by atoms with Crippen LogP contribution in [0.15, 0.2) is 36.0 Å². The minimum Gasteiger partial charge on any atom is -0.364 e. The fraction of sp³-hybridized carbons (Fsp3) is 0.333. The van der Waals surface area contributed by atoms with Gasteiger partial charge in [-0.25, -0.2) is 15.0 Å². The quantitative estimate of drug-likeness (QED) is 0.665. The van der Waals surface area contributed by atoms with Gasteiger partial charge in [-0.15, -0.1) is 0 Å². The lowest BCUT2D eigenvalue weighted by molar-refractivity contribution is 0.541. The molecule has 19 heavy (non-hydrogen) atoms. The van der Waals surface area contributed by atoms with Gasteiger partial charge in [0.15, 0.2) is 5.16 Å². The van der Waals surface area contributed by atoms with Crippen molar-refractivity contribution >= 4 is 23.4 Å². The zero-order valence-electron chi connectivity index (χ0n) is 10.5. The second-order valence-electron chi connectivity index (χ2n) is 4.24. The molecule has 2 aromatic heterocycles. The largest absolute Gasteiger partial charge is 0.364 e. The van der Waals surface area contributed by atoms with Crippen LogP contribution in [0.25, 0.3) is 0 Å². The lowest BCUT2D eigenvalue weighted by Crippen LogP contribution is -2.55. The summed E-state index contributed by atoms with van der Waals surface area (Å²) in [7, 11) is 0. The van der Waals surface area contributed by atoms with Crippen LogP contribution in [0.5, 0.6) is 0 Å². The predicted molar refractivity (Wildman–Crippen MR) is 75.5 cm³/mol. The third kappa shape index (κ3) is 2.76. The van der Waals surface area contributed by atoms with Crippen LogP contribution in [-0.2, 0) is 0 Å². The Labute approximate surface area is 115 Å². The Morgan fingerprint density at radius 1 is 1.26 bits per heavy atom. The van der Waals surface area contributed by atoms with Gasteiger partial charge in [0.25, 0.3) is 0 Å². The molecule has 1 N–H and O–H groups in total. The Balaban J connectivity index is 1.56. The molecule has 0 unspecified atom stereocenters. The Morgan fingerprint density at radius 3 is 2.89 bits per heavy atom. The van der Waals surface area contributed by atoms with Gasteiger partial charge in [0, 0.05) is 31.7 Å². The van der Waals surface area contributed by atoms with Gasteiger partial charge in [0.1, 0.15) is 11.6 Å². The van der Waals surface area contributed by atoms with E-state index in [0.29, 0.717) is 6.04 Å². The van der Waals surface area contributed by atoms with E-state index in [1.54, 1.807) is 36.5 Å². The molecule has 3 heterocycles. The van der Waals surface area contributed by atoms with E-state index in [1.807, 2.05) is 12.3 Å². The van der Waals surface area contributed by atoms with Crippen molar-refractivity contribution in [1.82, 2.24) is 19.9 Å². The first-order valence-corrected chi connectivity index (χ1v) is 7.22. The molecule has 0 amide bonds. The Hall–Kier alpha value is -1.89. The van der Waals surface area contributed by atoms with Crippen molar-refractivity contribution in [3.63, 3.8) is 0 Å². The fourth-order valence-electron chi connectivity index (χ4n) is 1.94. The van der Waals surface area contributed by atoms with Crippen molar-refractivity contribution in [3.8, 4) is 0 Å². The number of rotatable bonds is 4. The monoisotopic (exact) mass is 274 g/mol. The summed E-state index contributed by atoms with van der Waals surface area (Å²) in [4.78, 5) is 19.1. The Kier molecular flexibility index (Phi) is 3.45. The van der Waals surface area contributed by atoms with E-state index < -0.39 is 0 Å². The molecule has 7 heteroatoms. The summed E-state index contributed by atoms with van der Waals surface area (Å²) < 4.78 is 0. The molecule has 0 atom stereocenters. The van der Waals surface area contributed by atoms with Gasteiger partial charge >= 0.3 is 0 Å². The minimum atomic E-state index is 0.395. The number of nitrogens with one attached hydrogen (secondary N) is 1. The van der Waals surface area contributed by atoms with Crippen molar-refractivity contribution in [3.05, 3.63) is 30.9 Å². The average molecular weight is 274 g/mol. The summed E-state index contributed by atoms with van der Waals surface area (Å²) in [6.45, 7) is 1.83. The zero-order chi connectivity index (χ0) is 13.1. The molecule has 1 saturated heterocycles. The van der Waals surface area contributed by atoms with Crippen LogP contribution < -0.4 is 10.2 Å². The zero-order valence-corrected chi connectivity index (χ0v) is 11.3. The maximum atomic E-state index is 4.41. The molecular formula is C12H14N6S. The third-order valence-electron chi connectivity index (χ3n) is 2.92. The summed E-state index contributed by atoms with van der Waals surface area (Å²) in [6, 6.07) is 2.29. The van der Waals surface area contributed by atoms with Crippen LogP contribution in [0, 0.1) is 0 Å². The summed E-state index contributed by atoms with van der Waals surface area (Å²) >= 11 is 1.54. The van der Waals surface area contributed by atoms with Gasteiger partial charge in [0.05, 0.1) is 12.2 Å². The van der Waals surface area contributed by atoms with E-state index in [9.17, 15) is 0 Å². The molecular weight excluding hydrogens is 260 g/mol. The molecule has 0 radical (unpaired) electrons. The molecule has 98 valence electrons. The van der Waals surface area contributed by atoms with Gasteiger partial charge in [-0.2, -0.15) is 0 Å². The Morgan fingerprint density at radius 2 is 2.16 bits per heavy atom. The van der Waals surface area contributed by atoms with Gasteiger partial charge in [-0.1, -0.05) is 11.8 Å². The number of nitrogens with zero attached hydrogens (tertiary/aromatic N) is 5. The first-order valence-electron chi connectivity index (χ1n) is 5.99. The summed E-state index contributed by atoms with van der Waals surface area (Å²) in [5.74, 6) is 1.80. The molecule has 0 aromatic carbocycles. The summed E-state index contributed by atoms with van der Waals surface area (Å²) in [5, 5.41) is 4.19. The number of hydrogen-bond acceptors (Lipinski definition) is 7. The highest BCUT2D eigenvalue weighted by Crippen LogP contribution is 2.20. The van der Waals surface area contributed by atoms with Gasteiger partial charge in [-0.3, -0.25) is 4.98 Å². The second-order valence-corrected chi connectivity index (χ2v) is 5.01. The van der Waals surface area contributed by atoms with E-state index in [1.165, 1.54) is 0 Å². The molecule has 0 aliphatic carbocycles. The number of hydrogen-bond donors (Lipinski definition) is 1. The molecule has 1 fully saturated rings. The van der Waals surface area contributed by atoms with Crippen molar-refractivity contribution in [2.24, 2.45) is 0 Å². The van der Waals surface area contributed by atoms with Crippen LogP contribution in [0.3, 0.4) is 0 Å². The fourth-order valence-corrected chi connectivity index (χ4v) is 2.30. The standard InChI is InChI=1S/C12H14N6S/c1-19-12-15-3-2-10(17-12)16-9-7-18(8-9)11-6-13-4-5-14-11/h2-6,9H,7-8H2,1H3,(H,15,16,17). The Bertz CT molecular complexity index is 543. The van der Waals surface area contributed by atoms with E-state index in [4.69, 9.17) is 0 Å². The first-order chi connectivity index (χ1) is 9.35. The maximum Gasteiger partial charge on any atom is 0.189 e. The van der Waals surface area contributed by atoms with Crippen LogP contribution >= 0.6 is 11.8 Å². The summed E-state index contributed by atoms with van der Waals surface area (Å²) in [6.07, 6.45) is 8.93. The van der Waals surface area contributed by atoms with E-state index in [0.717, 1.165) is 29.9 Å². The lowest BCUT2D eigenvalue weighted by atomic mass is 10.1. The van der Waals surface area contributed by atoms with E-state index >= 15 is 0 Å². The van der Waals surface area contributed by atoms with Crippen LogP contribution in [0.4, 0.5) is 11.6 Å². The predicted octanol–water partition coefficient (Wildman–Crippen LogP) is 1.29. The highest BCUT2D eigenvalue weighted by molar-refractivity contribution is 7.98. The molecule has 0 bridgehead atoms. The van der Waals surface area contributed by atoms with Crippen LogP contribution in [-0.4, -0.2) is 45.3 Å². The molecule has 6 nitrogen and oxygen atoms in total. The molecule has 2 aromatic rings. The number of thioether (sulfide) groups is 1. The normalized spacial score (nSPS) is 15.1. The summed E-state index contributed by atoms with van der Waals surface area (Å²) in [5.41, 5.74) is 0. The van der Waals surface area contributed by atoms with Gasteiger partial charge in [-0.05, 0) is 12.3 Å². The average Bonchev–Trinajstić information content (AvgIpc) is 2.43. The van der Waals surface area contributed by atoms with Crippen molar-refractivity contribution in [1.29, 1.82) is 0 Å². The smallest absolute Gasteiger partial charge is 0.189 e. The SMILES string of the molecule is CSc1nccc(NC2CN(c3cnccn3)C2)n1.